The van der Waals surface area contributed by atoms with Crippen molar-refractivity contribution in [3.8, 4) is 5.75 Å². The summed E-state index contributed by atoms with van der Waals surface area (Å²) in [6.45, 7) is 3.63. The molecule has 15 nitrogen and oxygen atoms in total. The number of hydrogen-bond donors (Lipinski definition) is 2. The van der Waals surface area contributed by atoms with E-state index in [9.17, 15) is 39.7 Å². The first-order valence-corrected chi connectivity index (χ1v) is 18.5. The number of anilines is 3. The number of aryl methyl sites for hydroxylation is 2. The Bertz CT molecular complexity index is 2410. The number of aromatic hydroxyl groups is 1. The van der Waals surface area contributed by atoms with Gasteiger partial charge in [0.15, 0.2) is 5.69 Å². The molecule has 4 aromatic carbocycles. The van der Waals surface area contributed by atoms with Crippen LogP contribution in [0.4, 0.5) is 28.4 Å². The molecule has 0 bridgehead atoms. The molecule has 0 radical (unpaired) electrons. The number of fused-ring (bicyclic) bond motifs is 4. The van der Waals surface area contributed by atoms with Crippen LogP contribution < -0.4 is 15.2 Å². The summed E-state index contributed by atoms with van der Waals surface area (Å²) >= 11 is 0. The lowest BCUT2D eigenvalue weighted by Gasteiger charge is -2.50. The van der Waals surface area contributed by atoms with Crippen molar-refractivity contribution in [1.82, 2.24) is 5.01 Å². The fraction of sp³-hybridized carbons (Fsp3) is 0.286. The van der Waals surface area contributed by atoms with Gasteiger partial charge < -0.3 is 10.0 Å². The Labute approximate surface area is 326 Å². The topological polar surface area (TPSA) is 197 Å². The number of phenolic OH excluding ortho intramolecular Hbond substituents is 1. The van der Waals surface area contributed by atoms with Crippen molar-refractivity contribution in [2.24, 2.45) is 23.7 Å². The summed E-state index contributed by atoms with van der Waals surface area (Å²) in [7, 11) is 2.83. The minimum atomic E-state index is -1.61. The number of benzene rings is 4. The van der Waals surface area contributed by atoms with Gasteiger partial charge in [-0.15, -0.1) is 0 Å². The Morgan fingerprint density at radius 3 is 2.09 bits per heavy atom. The van der Waals surface area contributed by atoms with E-state index in [1.807, 2.05) is 25.1 Å². The van der Waals surface area contributed by atoms with Crippen LogP contribution in [0.15, 0.2) is 96.6 Å². The molecule has 2 aliphatic heterocycles. The number of nitrogens with zero attached hydrogens (tertiary/aromatic N) is 5. The van der Waals surface area contributed by atoms with Crippen LogP contribution >= 0.6 is 0 Å². The number of nitrogens with one attached hydrogen (secondary N) is 1. The Hall–Kier alpha value is -6.90. The van der Waals surface area contributed by atoms with Crippen molar-refractivity contribution in [3.63, 3.8) is 0 Å². The van der Waals surface area contributed by atoms with Crippen LogP contribution in [0.2, 0.25) is 0 Å². The normalized spacial score (nSPS) is 25.1. The molecule has 6 atom stereocenters. The monoisotopic (exact) mass is 770 g/mol. The molecule has 2 saturated heterocycles. The van der Waals surface area contributed by atoms with Crippen molar-refractivity contribution in [2.75, 3.05) is 29.3 Å². The lowest BCUT2D eigenvalue weighted by Crippen LogP contribution is -2.53. The molecular weight excluding hydrogens is 732 g/mol. The molecular formula is C42H38N6O9. The van der Waals surface area contributed by atoms with E-state index in [1.54, 1.807) is 67.6 Å². The number of rotatable bonds is 8. The van der Waals surface area contributed by atoms with Crippen LogP contribution in [-0.2, 0) is 24.6 Å². The molecule has 2 heterocycles. The van der Waals surface area contributed by atoms with E-state index in [0.717, 1.165) is 27.6 Å². The number of allylic oxidation sites excluding steroid dienone is 2. The Morgan fingerprint density at radius 2 is 1.47 bits per heavy atom. The Balaban J connectivity index is 1.31. The molecule has 2 N–H and O–H groups in total. The number of nitro groups is 2. The van der Waals surface area contributed by atoms with E-state index in [0.29, 0.717) is 28.0 Å². The maximum absolute atomic E-state index is 15.3. The highest BCUT2D eigenvalue weighted by atomic mass is 16.6. The first-order valence-electron chi connectivity index (χ1n) is 18.5. The number of carbonyl (C=O) groups is 4. The second kappa shape index (κ2) is 13.4. The standard InChI is InChI=1S/C42H38N6O9/c1-22-13-15-25(16-14-22)43-46-39(51)31-21-30-27(35(29-12-8-9-23(2)37(29)49)42(31,41(46)53)24-10-6-5-7-11-24)17-18-28-34(30)40(52)45(38(28)50)26-19-32(47(54)55)36(44(3)4)33(20-26)48(56)57/h5-17,19-20,28,30-31,34-35,43,49H,18,21H2,1-4H3. The summed E-state index contributed by atoms with van der Waals surface area (Å²) < 4.78 is 0. The van der Waals surface area contributed by atoms with Gasteiger partial charge in [0.1, 0.15) is 5.75 Å². The van der Waals surface area contributed by atoms with Crippen LogP contribution in [0.1, 0.15) is 41.0 Å². The van der Waals surface area contributed by atoms with Crippen molar-refractivity contribution < 1.29 is 34.1 Å². The maximum atomic E-state index is 15.3. The van der Waals surface area contributed by atoms with Gasteiger partial charge in [-0.2, -0.15) is 5.01 Å². The van der Waals surface area contributed by atoms with Crippen molar-refractivity contribution >= 4 is 52.1 Å². The molecule has 15 heteroatoms. The molecule has 0 spiro atoms. The van der Waals surface area contributed by atoms with Crippen LogP contribution in [0.5, 0.6) is 5.75 Å². The number of carbonyl (C=O) groups excluding carboxylic acids is 4. The van der Waals surface area contributed by atoms with Crippen molar-refractivity contribution in [1.29, 1.82) is 0 Å². The van der Waals surface area contributed by atoms with E-state index < -0.39 is 79.9 Å². The molecule has 1 saturated carbocycles. The number of imide groups is 2. The summed E-state index contributed by atoms with van der Waals surface area (Å²) in [5.41, 5.74) is 2.99. The number of amides is 4. The summed E-state index contributed by atoms with van der Waals surface area (Å²) in [5.74, 6) is -7.54. The zero-order chi connectivity index (χ0) is 40.7. The van der Waals surface area contributed by atoms with E-state index in [1.165, 1.54) is 19.0 Å². The SMILES string of the molecule is Cc1ccc(NN2C(=O)C3CC4C(=CCC5C(=O)N(c6cc([N+](=O)[O-])c(N(C)C)c([N+](=O)[O-])c6)C(=O)C54)C(c4cccc(C)c4O)C3(c3ccccc3)C2=O)cc1. The van der Waals surface area contributed by atoms with Gasteiger partial charge in [-0.25, -0.2) is 4.90 Å². The first-order chi connectivity index (χ1) is 27.2. The summed E-state index contributed by atoms with van der Waals surface area (Å²) in [6, 6.07) is 23.3. The van der Waals surface area contributed by atoms with Gasteiger partial charge in [0.2, 0.25) is 11.8 Å². The zero-order valence-electron chi connectivity index (χ0n) is 31.4. The highest BCUT2D eigenvalue weighted by molar-refractivity contribution is 6.23. The van der Waals surface area contributed by atoms with E-state index in [-0.39, 0.29) is 30.0 Å². The smallest absolute Gasteiger partial charge is 0.301 e. The van der Waals surface area contributed by atoms with Gasteiger partial charge in [0, 0.05) is 37.7 Å². The highest BCUT2D eigenvalue weighted by Crippen LogP contribution is 2.65. The van der Waals surface area contributed by atoms with Gasteiger partial charge >= 0.3 is 11.4 Å². The van der Waals surface area contributed by atoms with Crippen LogP contribution in [0.3, 0.4) is 0 Å². The van der Waals surface area contributed by atoms with Gasteiger partial charge in [0.05, 0.1) is 44.4 Å². The van der Waals surface area contributed by atoms with Crippen molar-refractivity contribution in [2.45, 2.75) is 38.0 Å². The minimum Gasteiger partial charge on any atom is -0.507 e. The Kier molecular flexibility index (Phi) is 8.70. The molecule has 8 rings (SSSR count). The number of hydrogen-bond acceptors (Lipinski definition) is 11. The number of phenols is 1. The molecule has 4 aromatic rings. The molecule has 4 aliphatic rings. The average Bonchev–Trinajstić information content (AvgIpc) is 3.57. The van der Waals surface area contributed by atoms with E-state index in [2.05, 4.69) is 5.43 Å². The first kappa shape index (κ1) is 37.0. The molecule has 290 valence electrons. The summed E-state index contributed by atoms with van der Waals surface area (Å²) in [6.07, 6.45) is 1.82. The number of hydrazine groups is 1. The lowest BCUT2D eigenvalue weighted by atomic mass is 9.49. The van der Waals surface area contributed by atoms with Gasteiger partial charge in [-0.05, 0) is 55.9 Å². The third-order valence-electron chi connectivity index (χ3n) is 12.1. The molecule has 3 fully saturated rings. The van der Waals surface area contributed by atoms with E-state index in [4.69, 9.17) is 0 Å². The second-order valence-electron chi connectivity index (χ2n) is 15.4. The third-order valence-corrected chi connectivity index (χ3v) is 12.1. The Morgan fingerprint density at radius 1 is 0.825 bits per heavy atom. The van der Waals surface area contributed by atoms with Crippen molar-refractivity contribution in [3.05, 3.63) is 139 Å². The molecule has 57 heavy (non-hydrogen) atoms. The molecule has 6 unspecified atom stereocenters. The second-order valence-corrected chi connectivity index (χ2v) is 15.4. The molecule has 2 aliphatic carbocycles. The lowest BCUT2D eigenvalue weighted by molar-refractivity contribution is -0.392. The van der Waals surface area contributed by atoms with Gasteiger partial charge in [0.25, 0.3) is 11.8 Å². The van der Waals surface area contributed by atoms with E-state index >= 15 is 4.79 Å². The van der Waals surface area contributed by atoms with Crippen LogP contribution in [-0.4, -0.2) is 57.7 Å². The molecule has 0 aromatic heterocycles. The molecule has 4 amide bonds. The summed E-state index contributed by atoms with van der Waals surface area (Å²) in [4.78, 5) is 84.2. The van der Waals surface area contributed by atoms with Gasteiger partial charge in [-0.1, -0.05) is 77.9 Å². The predicted molar refractivity (Wildman–Crippen MR) is 208 cm³/mol. The number of nitro benzene ring substituents is 2. The quantitative estimate of drug-likeness (QED) is 0.0912. The number of para-hydroxylation sites is 1. The van der Waals surface area contributed by atoms with Gasteiger partial charge in [-0.3, -0.25) is 44.8 Å². The fourth-order valence-electron chi connectivity index (χ4n) is 9.72. The summed E-state index contributed by atoms with van der Waals surface area (Å²) in [5, 5.41) is 37.3. The fourth-order valence-corrected chi connectivity index (χ4v) is 9.72. The predicted octanol–water partition coefficient (Wildman–Crippen LogP) is 6.08. The largest absolute Gasteiger partial charge is 0.507 e. The van der Waals surface area contributed by atoms with Crippen LogP contribution in [0, 0.1) is 57.7 Å². The maximum Gasteiger partial charge on any atom is 0.301 e. The zero-order valence-corrected chi connectivity index (χ0v) is 31.4. The highest BCUT2D eigenvalue weighted by Gasteiger charge is 2.70. The van der Waals surface area contributed by atoms with Crippen LogP contribution in [0.25, 0.3) is 0 Å². The average molecular weight is 771 g/mol. The minimum absolute atomic E-state index is 0.0314. The third kappa shape index (κ3) is 5.39.